The summed E-state index contributed by atoms with van der Waals surface area (Å²) in [5.74, 6) is -0.697. The number of benzene rings is 1. The Morgan fingerprint density at radius 2 is 2.09 bits per heavy atom. The van der Waals surface area contributed by atoms with E-state index in [1.807, 2.05) is 44.1 Å². The molecule has 34 heavy (non-hydrogen) atoms. The van der Waals surface area contributed by atoms with Gasteiger partial charge in [0.2, 0.25) is 0 Å². The third-order valence-electron chi connectivity index (χ3n) is 5.57. The number of aryl methyl sites for hydroxylation is 1. The number of methoxy groups -OCH3 is 1. The van der Waals surface area contributed by atoms with E-state index < -0.39 is 11.7 Å². The first kappa shape index (κ1) is 24.9. The van der Waals surface area contributed by atoms with Gasteiger partial charge in [-0.1, -0.05) is 6.92 Å². The first-order valence-electron chi connectivity index (χ1n) is 10.9. The van der Waals surface area contributed by atoms with Crippen molar-refractivity contribution in [3.8, 4) is 0 Å². The molecule has 10 nitrogen and oxygen atoms in total. The lowest BCUT2D eigenvalue weighted by molar-refractivity contribution is 0.100. The maximum Gasteiger partial charge on any atom is 0.252 e. The second-order valence-electron chi connectivity index (χ2n) is 8.09. The van der Waals surface area contributed by atoms with Gasteiger partial charge in [-0.05, 0) is 37.6 Å². The largest absolute Gasteiger partial charge is 0.383 e. The van der Waals surface area contributed by atoms with E-state index in [-0.39, 0.29) is 23.2 Å². The fraction of sp³-hybridized carbons (Fsp3) is 0.391. The molecule has 0 bridgehead atoms. The number of amides is 1. The zero-order chi connectivity index (χ0) is 25.0. The lowest BCUT2D eigenvalue weighted by Gasteiger charge is -2.19. The highest BCUT2D eigenvalue weighted by atomic mass is 19.1. The highest BCUT2D eigenvalue weighted by Gasteiger charge is 2.20. The van der Waals surface area contributed by atoms with E-state index in [4.69, 9.17) is 15.9 Å². The van der Waals surface area contributed by atoms with Crippen LogP contribution >= 0.6 is 0 Å². The van der Waals surface area contributed by atoms with Gasteiger partial charge in [0, 0.05) is 44.5 Å². The number of anilines is 4. The summed E-state index contributed by atoms with van der Waals surface area (Å²) in [5, 5.41) is 19.4. The summed E-state index contributed by atoms with van der Waals surface area (Å²) >= 11 is 0. The summed E-state index contributed by atoms with van der Waals surface area (Å²) in [5.41, 5.74) is 7.32. The summed E-state index contributed by atoms with van der Waals surface area (Å²) in [6, 6.07) is 6.28. The predicted octanol–water partition coefficient (Wildman–Crippen LogP) is 3.26. The minimum Gasteiger partial charge on any atom is -0.383 e. The molecule has 11 heteroatoms. The Kier molecular flexibility index (Phi) is 7.67. The molecule has 0 saturated carbocycles. The first-order chi connectivity index (χ1) is 16.2. The standard InChI is InChI=1S/C23H31FN8O2/c1-6-18(13(2)25)28-22-17(24)12-16(20(26)33)21(29-22)27-14-7-8-19-15(11-14)23(30-32(19)4)31(3)9-10-34-5/h7-8,11-12,18,25H,6,9-10H2,1-5H3,(H2,26,33)(H2,27,28,29)/t18-/m1/s1. The molecule has 0 radical (unpaired) electrons. The molecule has 0 saturated heterocycles. The molecule has 1 aromatic carbocycles. The lowest BCUT2D eigenvalue weighted by atomic mass is 10.1. The Bertz CT molecular complexity index is 1210. The van der Waals surface area contributed by atoms with Crippen molar-refractivity contribution in [1.29, 1.82) is 5.41 Å². The molecule has 2 aromatic heterocycles. The molecule has 0 aliphatic carbocycles. The number of nitrogens with zero attached hydrogens (tertiary/aromatic N) is 4. The molecule has 0 unspecified atom stereocenters. The van der Waals surface area contributed by atoms with E-state index in [0.29, 0.717) is 31.0 Å². The van der Waals surface area contributed by atoms with Crippen molar-refractivity contribution in [2.45, 2.75) is 26.3 Å². The normalized spacial score (nSPS) is 11.9. The monoisotopic (exact) mass is 470 g/mol. The third kappa shape index (κ3) is 5.25. The van der Waals surface area contributed by atoms with E-state index in [2.05, 4.69) is 20.7 Å². The van der Waals surface area contributed by atoms with Crippen LogP contribution < -0.4 is 21.3 Å². The Morgan fingerprint density at radius 1 is 1.35 bits per heavy atom. The molecule has 3 rings (SSSR count). The number of carbonyl (C=O) groups excluding carboxylic acids is 1. The van der Waals surface area contributed by atoms with Crippen LogP contribution in [0.1, 0.15) is 30.6 Å². The van der Waals surface area contributed by atoms with Gasteiger partial charge in [-0.2, -0.15) is 5.10 Å². The number of likely N-dealkylation sites (N-methyl/N-ethyl adjacent to an activating group) is 1. The molecule has 0 spiro atoms. The van der Waals surface area contributed by atoms with Crippen LogP contribution in [-0.4, -0.2) is 59.7 Å². The quantitative estimate of drug-likeness (QED) is 0.316. The van der Waals surface area contributed by atoms with Crippen LogP contribution in [0.15, 0.2) is 24.3 Å². The highest BCUT2D eigenvalue weighted by molar-refractivity contribution is 5.99. The van der Waals surface area contributed by atoms with Gasteiger partial charge in [-0.3, -0.25) is 9.48 Å². The smallest absolute Gasteiger partial charge is 0.252 e. The van der Waals surface area contributed by atoms with E-state index in [9.17, 15) is 9.18 Å². The number of hydrogen-bond donors (Lipinski definition) is 4. The van der Waals surface area contributed by atoms with Crippen molar-refractivity contribution in [2.75, 3.05) is 42.8 Å². The van der Waals surface area contributed by atoms with Gasteiger partial charge in [-0.25, -0.2) is 9.37 Å². The second-order valence-corrected chi connectivity index (χ2v) is 8.09. The molecule has 2 heterocycles. The lowest BCUT2D eigenvalue weighted by Crippen LogP contribution is -2.27. The van der Waals surface area contributed by atoms with Crippen molar-refractivity contribution in [3.63, 3.8) is 0 Å². The van der Waals surface area contributed by atoms with Crippen LogP contribution in [0.4, 0.5) is 27.5 Å². The maximum atomic E-state index is 14.7. The van der Waals surface area contributed by atoms with E-state index >= 15 is 0 Å². The fourth-order valence-corrected chi connectivity index (χ4v) is 3.63. The average molecular weight is 471 g/mol. The molecular weight excluding hydrogens is 439 g/mol. The van der Waals surface area contributed by atoms with Crippen LogP contribution in [0.25, 0.3) is 10.9 Å². The number of aromatic nitrogens is 3. The molecule has 3 aromatic rings. The minimum absolute atomic E-state index is 0.0617. The summed E-state index contributed by atoms with van der Waals surface area (Å²) in [6.45, 7) is 4.73. The molecule has 0 aliphatic rings. The van der Waals surface area contributed by atoms with Gasteiger partial charge in [-0.15, -0.1) is 0 Å². The number of halogens is 1. The number of carbonyl (C=O) groups is 1. The Hall–Kier alpha value is -3.73. The molecule has 5 N–H and O–H groups in total. The first-order valence-corrected chi connectivity index (χ1v) is 10.9. The number of pyridine rings is 1. The fourth-order valence-electron chi connectivity index (χ4n) is 3.63. The van der Waals surface area contributed by atoms with Crippen LogP contribution in [0.3, 0.4) is 0 Å². The number of nitrogens with two attached hydrogens (primary N) is 1. The number of rotatable bonds is 11. The SMILES string of the molecule is CC[C@@H](Nc1nc(Nc2ccc3c(c2)c(N(C)CCOC)nn3C)c(C(N)=O)cc1F)C(C)=N. The third-order valence-corrected chi connectivity index (χ3v) is 5.57. The number of hydrogen-bond acceptors (Lipinski definition) is 8. The predicted molar refractivity (Wildman–Crippen MR) is 133 cm³/mol. The Labute approximate surface area is 197 Å². The van der Waals surface area contributed by atoms with Crippen molar-refractivity contribution in [1.82, 2.24) is 14.8 Å². The van der Waals surface area contributed by atoms with Crippen LogP contribution in [0, 0.1) is 11.2 Å². The molecule has 0 fully saturated rings. The van der Waals surface area contributed by atoms with Gasteiger partial charge in [0.25, 0.3) is 5.91 Å². The van der Waals surface area contributed by atoms with Crippen LogP contribution in [0.5, 0.6) is 0 Å². The molecule has 1 amide bonds. The minimum atomic E-state index is -0.807. The Morgan fingerprint density at radius 3 is 2.71 bits per heavy atom. The average Bonchev–Trinajstić information content (AvgIpc) is 3.12. The second kappa shape index (κ2) is 10.5. The van der Waals surface area contributed by atoms with Crippen molar-refractivity contribution >= 4 is 45.7 Å². The van der Waals surface area contributed by atoms with Gasteiger partial charge in [0.15, 0.2) is 17.5 Å². The number of ether oxygens (including phenoxy) is 1. The van der Waals surface area contributed by atoms with Crippen molar-refractivity contribution in [2.24, 2.45) is 12.8 Å². The maximum absolute atomic E-state index is 14.7. The molecule has 182 valence electrons. The van der Waals surface area contributed by atoms with Gasteiger partial charge >= 0.3 is 0 Å². The van der Waals surface area contributed by atoms with Gasteiger partial charge in [0.05, 0.1) is 23.7 Å². The Balaban J connectivity index is 2.01. The number of primary amides is 1. The van der Waals surface area contributed by atoms with Crippen LogP contribution in [0.2, 0.25) is 0 Å². The van der Waals surface area contributed by atoms with Gasteiger partial charge < -0.3 is 31.4 Å². The topological polar surface area (TPSA) is 134 Å². The van der Waals surface area contributed by atoms with Crippen molar-refractivity contribution < 1.29 is 13.9 Å². The summed E-state index contributed by atoms with van der Waals surface area (Å²) in [4.78, 5) is 18.3. The summed E-state index contributed by atoms with van der Waals surface area (Å²) < 4.78 is 21.6. The number of nitrogens with one attached hydrogen (secondary N) is 3. The van der Waals surface area contributed by atoms with Crippen molar-refractivity contribution in [3.05, 3.63) is 35.6 Å². The summed E-state index contributed by atoms with van der Waals surface area (Å²) in [7, 11) is 5.44. The zero-order valence-corrected chi connectivity index (χ0v) is 20.1. The van der Waals surface area contributed by atoms with E-state index in [1.54, 1.807) is 18.7 Å². The summed E-state index contributed by atoms with van der Waals surface area (Å²) in [6.07, 6.45) is 0.577. The molecule has 0 aliphatic heterocycles. The molecular formula is C23H31FN8O2. The zero-order valence-electron chi connectivity index (χ0n) is 20.1. The van der Waals surface area contributed by atoms with E-state index in [1.165, 1.54) is 0 Å². The molecule has 1 atom stereocenters. The highest BCUT2D eigenvalue weighted by Crippen LogP contribution is 2.30. The van der Waals surface area contributed by atoms with E-state index in [0.717, 1.165) is 22.8 Å². The van der Waals surface area contributed by atoms with Crippen LogP contribution in [-0.2, 0) is 11.8 Å². The van der Waals surface area contributed by atoms with Gasteiger partial charge in [0.1, 0.15) is 5.82 Å². The number of fused-ring (bicyclic) bond motifs is 1.